The van der Waals surface area contributed by atoms with Crippen molar-refractivity contribution in [1.29, 1.82) is 0 Å². The van der Waals surface area contributed by atoms with Gasteiger partial charge in [-0.1, -0.05) is 190 Å². The van der Waals surface area contributed by atoms with Crippen molar-refractivity contribution in [2.75, 3.05) is 4.90 Å². The molecule has 1 heterocycles. The fourth-order valence-electron chi connectivity index (χ4n) is 19.6. The molecule has 3 fully saturated rings. The normalized spacial score (nSPS) is 25.5. The van der Waals surface area contributed by atoms with Crippen LogP contribution in [0.15, 0.2) is 229 Å². The van der Waals surface area contributed by atoms with Crippen molar-refractivity contribution in [3.8, 4) is 44.5 Å². The molecule has 0 saturated heterocycles. The summed E-state index contributed by atoms with van der Waals surface area (Å²) in [6, 6.07) is 88.6. The Morgan fingerprint density at radius 2 is 0.838 bits per heavy atom. The van der Waals surface area contributed by atoms with Gasteiger partial charge in [0.15, 0.2) is 0 Å². The Labute approximate surface area is 469 Å². The molecule has 10 aromatic carbocycles. The second kappa shape index (κ2) is 16.2. The molecule has 7 aliphatic rings. The van der Waals surface area contributed by atoms with Gasteiger partial charge in [0, 0.05) is 49.5 Å². The number of rotatable bonds is 3. The van der Waals surface area contributed by atoms with Gasteiger partial charge in [0.05, 0.1) is 0 Å². The Hall–Kier alpha value is -8.20. The Morgan fingerprint density at radius 3 is 1.55 bits per heavy atom. The number of furan rings is 1. The maximum atomic E-state index is 6.56. The molecule has 3 saturated carbocycles. The molecule has 0 N–H and O–H groups in total. The van der Waals surface area contributed by atoms with Crippen molar-refractivity contribution in [2.45, 2.75) is 105 Å². The van der Waals surface area contributed by atoms with E-state index in [2.05, 4.69) is 243 Å². The average molecular weight is 1030 g/mol. The first-order valence-electron chi connectivity index (χ1n) is 29.9. The van der Waals surface area contributed by atoms with Gasteiger partial charge in [0.25, 0.3) is 0 Å². The molecular weight excluding hydrogens is 967 g/mol. The van der Waals surface area contributed by atoms with Crippen LogP contribution in [0.3, 0.4) is 0 Å². The highest BCUT2D eigenvalue weighted by molar-refractivity contribution is 6.06. The van der Waals surface area contributed by atoms with E-state index in [1.54, 1.807) is 33.4 Å². The standard InChI is InChI=1S/C78H63NO/c1-75(2)66-27-13-9-25-61(66)63-35-32-51(44-70(63)75)79(50-33-36-73-65(43-50)64-26-12-16-30-72(64)80-73)52-31-34-62-56-20-6-4-17-53(56)48-37-40-76(71(62)45-52)41-39-69-60-23-8-7-21-57(60)59-24-11-15-29-68(59)78(69)42-38-49-47-77(46-48,74(76)78)67-28-14-10-22-58(67)55-19-5-3-18-54(49)55/h3-36,43-45,48-49,69,74H,37-42,46-47H2,1-2H3. The van der Waals surface area contributed by atoms with Gasteiger partial charge in [-0.2, -0.15) is 0 Å². The van der Waals surface area contributed by atoms with Crippen LogP contribution in [0.25, 0.3) is 66.4 Å². The minimum atomic E-state index is -0.181. The van der Waals surface area contributed by atoms with Crippen molar-refractivity contribution in [3.63, 3.8) is 0 Å². The maximum Gasteiger partial charge on any atom is 0.135 e. The number of para-hydroxylation sites is 1. The summed E-state index contributed by atoms with van der Waals surface area (Å²) in [5.41, 5.74) is 28.4. The zero-order valence-electron chi connectivity index (χ0n) is 45.7. The maximum absolute atomic E-state index is 6.56. The molecule has 2 nitrogen and oxygen atoms in total. The fraction of sp³-hybridized carbons (Fsp3) is 0.231. The number of hydrogen-bond donors (Lipinski definition) is 0. The molecule has 1 aromatic heterocycles. The number of anilines is 3. The lowest BCUT2D eigenvalue weighted by Crippen LogP contribution is -2.62. The van der Waals surface area contributed by atoms with E-state index in [1.807, 2.05) is 0 Å². The van der Waals surface area contributed by atoms with E-state index in [0.29, 0.717) is 23.7 Å². The predicted molar refractivity (Wildman–Crippen MR) is 329 cm³/mol. The SMILES string of the molecule is CC1(C)c2ccccc2-c2ccc(N(c3ccc4c(c3)C35CCC(CC67CC(CCC8(c9ccccc9-c9ccccc9C8CC3)C56)c3ccccc3-c3ccccc37)c3ccccc3-4)c3ccc4oc5ccccc5c4c3)cc21. The summed E-state index contributed by atoms with van der Waals surface area (Å²) in [6.45, 7) is 4.84. The van der Waals surface area contributed by atoms with Crippen LogP contribution in [-0.4, -0.2) is 0 Å². The molecule has 0 aliphatic heterocycles. The van der Waals surface area contributed by atoms with Crippen LogP contribution in [0.1, 0.15) is 127 Å². The summed E-state index contributed by atoms with van der Waals surface area (Å²) in [5.74, 6) is 1.53. The monoisotopic (exact) mass is 1030 g/mol. The third-order valence-electron chi connectivity index (χ3n) is 22.3. The van der Waals surface area contributed by atoms with Gasteiger partial charge in [-0.15, -0.1) is 0 Å². The Kier molecular flexibility index (Phi) is 9.26. The fourth-order valence-corrected chi connectivity index (χ4v) is 19.6. The van der Waals surface area contributed by atoms with Crippen molar-refractivity contribution >= 4 is 39.0 Å². The van der Waals surface area contributed by atoms with Crippen LogP contribution in [0, 0.1) is 5.92 Å². The molecule has 80 heavy (non-hydrogen) atoms. The van der Waals surface area contributed by atoms with Crippen LogP contribution < -0.4 is 4.90 Å². The summed E-state index contributed by atoms with van der Waals surface area (Å²) in [7, 11) is 0. The largest absolute Gasteiger partial charge is 0.456 e. The number of hydrogen-bond acceptors (Lipinski definition) is 2. The number of nitrogens with zero attached hydrogens (tertiary/aromatic N) is 1. The molecule has 386 valence electrons. The summed E-state index contributed by atoms with van der Waals surface area (Å²) in [4.78, 5) is 2.62. The molecule has 3 spiro atoms. The van der Waals surface area contributed by atoms with E-state index >= 15 is 0 Å². The summed E-state index contributed by atoms with van der Waals surface area (Å²) in [5, 5.41) is 2.29. The summed E-state index contributed by atoms with van der Waals surface area (Å²) >= 11 is 0. The second-order valence-corrected chi connectivity index (χ2v) is 25.9. The van der Waals surface area contributed by atoms with Crippen LogP contribution in [-0.2, 0) is 21.7 Å². The highest BCUT2D eigenvalue weighted by atomic mass is 16.3. The van der Waals surface area contributed by atoms with Crippen LogP contribution in [0.2, 0.25) is 0 Å². The molecule has 7 atom stereocenters. The van der Waals surface area contributed by atoms with Crippen LogP contribution in [0.4, 0.5) is 17.1 Å². The van der Waals surface area contributed by atoms with Crippen LogP contribution >= 0.6 is 0 Å². The lowest BCUT2D eigenvalue weighted by molar-refractivity contribution is -0.00472. The van der Waals surface area contributed by atoms with Crippen molar-refractivity contribution in [1.82, 2.24) is 0 Å². The highest BCUT2D eigenvalue weighted by Crippen LogP contribution is 2.77. The molecule has 0 radical (unpaired) electrons. The Balaban J connectivity index is 0.954. The first kappa shape index (κ1) is 45.6. The van der Waals surface area contributed by atoms with Gasteiger partial charge in [0.2, 0.25) is 0 Å². The molecule has 0 amide bonds. The number of benzene rings is 10. The molecule has 4 bridgehead atoms. The average Bonchev–Trinajstić information content (AvgIpc) is 3.99. The van der Waals surface area contributed by atoms with Gasteiger partial charge in [-0.05, 0) is 213 Å². The minimum absolute atomic E-state index is 0.135. The summed E-state index contributed by atoms with van der Waals surface area (Å²) in [6.07, 6.45) is 9.29. The third-order valence-corrected chi connectivity index (χ3v) is 22.3. The van der Waals surface area contributed by atoms with Gasteiger partial charge in [0.1, 0.15) is 11.2 Å². The van der Waals surface area contributed by atoms with E-state index in [1.165, 1.54) is 86.3 Å². The highest BCUT2D eigenvalue weighted by Gasteiger charge is 2.70. The lowest BCUT2D eigenvalue weighted by Gasteiger charge is -2.66. The first-order valence-corrected chi connectivity index (χ1v) is 29.9. The van der Waals surface area contributed by atoms with Gasteiger partial charge in [-0.25, -0.2) is 0 Å². The summed E-state index contributed by atoms with van der Waals surface area (Å²) < 4.78 is 6.56. The van der Waals surface area contributed by atoms with Gasteiger partial charge < -0.3 is 9.32 Å². The lowest BCUT2D eigenvalue weighted by atomic mass is 9.37. The number of fused-ring (bicyclic) bond motifs is 21. The smallest absolute Gasteiger partial charge is 0.135 e. The Morgan fingerprint density at radius 1 is 0.362 bits per heavy atom. The van der Waals surface area contributed by atoms with E-state index < -0.39 is 0 Å². The first-order chi connectivity index (χ1) is 39.3. The van der Waals surface area contributed by atoms with E-state index in [9.17, 15) is 0 Å². The quantitative estimate of drug-likeness (QED) is 0.175. The zero-order valence-corrected chi connectivity index (χ0v) is 45.7. The molecule has 18 rings (SSSR count). The topological polar surface area (TPSA) is 16.4 Å². The molecule has 7 unspecified atom stereocenters. The van der Waals surface area contributed by atoms with Gasteiger partial charge in [-0.3, -0.25) is 0 Å². The van der Waals surface area contributed by atoms with Crippen molar-refractivity contribution < 1.29 is 4.42 Å². The van der Waals surface area contributed by atoms with Crippen LogP contribution in [0.5, 0.6) is 0 Å². The predicted octanol–water partition coefficient (Wildman–Crippen LogP) is 20.5. The third kappa shape index (κ3) is 5.84. The molecule has 2 heteroatoms. The molecular formula is C78H63NO. The second-order valence-electron chi connectivity index (χ2n) is 25.9. The van der Waals surface area contributed by atoms with Crippen molar-refractivity contribution in [2.24, 2.45) is 5.92 Å². The minimum Gasteiger partial charge on any atom is -0.456 e. The van der Waals surface area contributed by atoms with E-state index in [4.69, 9.17) is 4.42 Å². The molecule has 7 aliphatic carbocycles. The van der Waals surface area contributed by atoms with E-state index in [-0.39, 0.29) is 21.7 Å². The Bertz CT molecular complexity index is 4440. The van der Waals surface area contributed by atoms with Gasteiger partial charge >= 0.3 is 0 Å². The van der Waals surface area contributed by atoms with E-state index in [0.717, 1.165) is 59.7 Å². The van der Waals surface area contributed by atoms with Crippen molar-refractivity contribution in [3.05, 3.63) is 269 Å². The zero-order chi connectivity index (χ0) is 52.7. The molecule has 11 aromatic rings.